The molecule has 4 nitrogen and oxygen atoms in total. The molecule has 0 N–H and O–H groups in total. The van der Waals surface area contributed by atoms with E-state index in [-0.39, 0.29) is 0 Å². The fourth-order valence-electron chi connectivity index (χ4n) is 1.54. The molecule has 0 unspecified atom stereocenters. The Labute approximate surface area is 108 Å². The van der Waals surface area contributed by atoms with E-state index >= 15 is 0 Å². The molecule has 0 radical (unpaired) electrons. The fourth-order valence-corrected chi connectivity index (χ4v) is 1.54. The number of rotatable bonds is 3. The van der Waals surface area contributed by atoms with Gasteiger partial charge in [-0.05, 0) is 17.5 Å². The van der Waals surface area contributed by atoms with E-state index in [1.54, 1.807) is 6.20 Å². The Hall–Kier alpha value is -1.84. The third-order valence-corrected chi connectivity index (χ3v) is 2.76. The summed E-state index contributed by atoms with van der Waals surface area (Å²) in [7, 11) is 0. The van der Waals surface area contributed by atoms with Crippen molar-refractivity contribution in [1.29, 1.82) is 0 Å². The summed E-state index contributed by atoms with van der Waals surface area (Å²) >= 11 is 0. The van der Waals surface area contributed by atoms with Crippen LogP contribution in [0.5, 0.6) is 0 Å². The minimum Gasteiger partial charge on any atom is -0.241 e. The number of hydrogen-bond donors (Lipinski definition) is 0. The maximum atomic E-state index is 4.48. The Bertz CT molecular complexity index is 518. The van der Waals surface area contributed by atoms with E-state index < -0.39 is 0 Å². The minimum absolute atomic E-state index is 0.305. The van der Waals surface area contributed by atoms with Gasteiger partial charge in [0, 0.05) is 24.5 Å². The van der Waals surface area contributed by atoms with Gasteiger partial charge in [-0.1, -0.05) is 27.7 Å². The van der Waals surface area contributed by atoms with Crippen LogP contribution in [0.15, 0.2) is 24.7 Å². The van der Waals surface area contributed by atoms with E-state index in [0.717, 1.165) is 17.1 Å². The van der Waals surface area contributed by atoms with Crippen molar-refractivity contribution in [2.24, 2.45) is 0 Å². The van der Waals surface area contributed by atoms with Crippen molar-refractivity contribution in [3.8, 4) is 11.5 Å². The summed E-state index contributed by atoms with van der Waals surface area (Å²) < 4.78 is 0. The second-order valence-electron chi connectivity index (χ2n) is 4.95. The number of aromatic nitrogens is 4. The molecule has 0 saturated carbocycles. The predicted molar refractivity (Wildman–Crippen MR) is 71.2 cm³/mol. The molecule has 18 heavy (non-hydrogen) atoms. The van der Waals surface area contributed by atoms with Crippen molar-refractivity contribution in [3.63, 3.8) is 0 Å². The molecule has 94 valence electrons. The fraction of sp³-hybridized carbons (Fsp3) is 0.429. The van der Waals surface area contributed by atoms with Crippen molar-refractivity contribution < 1.29 is 0 Å². The third kappa shape index (κ3) is 2.70. The van der Waals surface area contributed by atoms with E-state index in [2.05, 4.69) is 47.6 Å². The molecule has 0 amide bonds. The van der Waals surface area contributed by atoms with Crippen molar-refractivity contribution in [3.05, 3.63) is 36.0 Å². The van der Waals surface area contributed by atoms with Crippen LogP contribution in [0.2, 0.25) is 0 Å². The Morgan fingerprint density at radius 1 is 0.889 bits per heavy atom. The van der Waals surface area contributed by atoms with Gasteiger partial charge in [-0.2, -0.15) is 0 Å². The summed E-state index contributed by atoms with van der Waals surface area (Å²) in [5.74, 6) is 2.23. The van der Waals surface area contributed by atoms with Gasteiger partial charge in [0.1, 0.15) is 11.5 Å². The summed E-state index contributed by atoms with van der Waals surface area (Å²) in [6.07, 6.45) is 5.49. The van der Waals surface area contributed by atoms with Crippen molar-refractivity contribution in [1.82, 2.24) is 19.9 Å². The second-order valence-corrected chi connectivity index (χ2v) is 4.95. The van der Waals surface area contributed by atoms with Gasteiger partial charge in [0.25, 0.3) is 0 Å². The van der Waals surface area contributed by atoms with E-state index in [1.165, 1.54) is 0 Å². The largest absolute Gasteiger partial charge is 0.241 e. The van der Waals surface area contributed by atoms with Gasteiger partial charge < -0.3 is 0 Å². The quantitative estimate of drug-likeness (QED) is 0.829. The smallest absolute Gasteiger partial charge is 0.178 e. The van der Waals surface area contributed by atoms with Gasteiger partial charge in [-0.25, -0.2) is 19.9 Å². The van der Waals surface area contributed by atoms with Crippen LogP contribution in [0.25, 0.3) is 11.5 Å². The zero-order valence-electron chi connectivity index (χ0n) is 11.3. The average Bonchev–Trinajstić information content (AvgIpc) is 2.39. The average molecular weight is 242 g/mol. The van der Waals surface area contributed by atoms with Crippen LogP contribution in [-0.2, 0) is 0 Å². The lowest BCUT2D eigenvalue weighted by Gasteiger charge is -2.07. The summed E-state index contributed by atoms with van der Waals surface area (Å²) in [5, 5.41) is 0. The summed E-state index contributed by atoms with van der Waals surface area (Å²) in [6, 6.07) is 1.84. The van der Waals surface area contributed by atoms with Crippen LogP contribution in [-0.4, -0.2) is 19.9 Å². The highest BCUT2D eigenvalue weighted by atomic mass is 14.9. The molecule has 0 aliphatic carbocycles. The molecule has 0 atom stereocenters. The van der Waals surface area contributed by atoms with E-state index in [4.69, 9.17) is 0 Å². The van der Waals surface area contributed by atoms with Gasteiger partial charge >= 0.3 is 0 Å². The standard InChI is InChI=1S/C14H18N4/c1-9(2)11-7-16-14(17-8-11)12-5-6-15-13(18-12)10(3)4/h5-10H,1-4H3. The van der Waals surface area contributed by atoms with E-state index in [0.29, 0.717) is 17.7 Å². The molecular formula is C14H18N4. The first-order valence-electron chi connectivity index (χ1n) is 6.23. The Balaban J connectivity index is 2.33. The van der Waals surface area contributed by atoms with Crippen LogP contribution in [0, 0.1) is 0 Å². The molecule has 0 saturated heterocycles. The zero-order valence-corrected chi connectivity index (χ0v) is 11.3. The second kappa shape index (κ2) is 5.21. The normalized spacial score (nSPS) is 11.2. The predicted octanol–water partition coefficient (Wildman–Crippen LogP) is 3.18. The Kier molecular flexibility index (Phi) is 3.65. The van der Waals surface area contributed by atoms with Crippen LogP contribution in [0.3, 0.4) is 0 Å². The summed E-state index contributed by atoms with van der Waals surface area (Å²) in [6.45, 7) is 8.39. The maximum absolute atomic E-state index is 4.48. The van der Waals surface area contributed by atoms with Gasteiger partial charge in [0.05, 0.1) is 0 Å². The molecule has 0 aliphatic rings. The van der Waals surface area contributed by atoms with Crippen LogP contribution < -0.4 is 0 Å². The maximum Gasteiger partial charge on any atom is 0.178 e. The summed E-state index contributed by atoms with van der Waals surface area (Å²) in [4.78, 5) is 17.5. The highest BCUT2D eigenvalue weighted by Gasteiger charge is 2.08. The van der Waals surface area contributed by atoms with Gasteiger partial charge in [-0.15, -0.1) is 0 Å². The number of hydrogen-bond acceptors (Lipinski definition) is 4. The molecule has 0 fully saturated rings. The topological polar surface area (TPSA) is 51.6 Å². The first kappa shape index (κ1) is 12.6. The molecule has 2 rings (SSSR count). The number of nitrogens with zero attached hydrogens (tertiary/aromatic N) is 4. The van der Waals surface area contributed by atoms with Gasteiger partial charge in [0.15, 0.2) is 5.82 Å². The molecule has 2 aromatic rings. The van der Waals surface area contributed by atoms with Crippen LogP contribution >= 0.6 is 0 Å². The molecule has 0 spiro atoms. The zero-order chi connectivity index (χ0) is 13.1. The lowest BCUT2D eigenvalue weighted by atomic mass is 10.1. The van der Waals surface area contributed by atoms with Crippen molar-refractivity contribution >= 4 is 0 Å². The lowest BCUT2D eigenvalue weighted by molar-refractivity contribution is 0.774. The monoisotopic (exact) mass is 242 g/mol. The molecule has 2 heterocycles. The van der Waals surface area contributed by atoms with E-state index in [1.807, 2.05) is 18.5 Å². The van der Waals surface area contributed by atoms with Gasteiger partial charge in [-0.3, -0.25) is 0 Å². The highest BCUT2D eigenvalue weighted by Crippen LogP contribution is 2.17. The molecule has 0 aliphatic heterocycles. The Morgan fingerprint density at radius 2 is 1.56 bits per heavy atom. The lowest BCUT2D eigenvalue weighted by Crippen LogP contribution is -2.00. The molecule has 2 aromatic heterocycles. The third-order valence-electron chi connectivity index (χ3n) is 2.76. The van der Waals surface area contributed by atoms with Crippen molar-refractivity contribution in [2.45, 2.75) is 39.5 Å². The first-order valence-corrected chi connectivity index (χ1v) is 6.23. The van der Waals surface area contributed by atoms with Crippen LogP contribution in [0.4, 0.5) is 0 Å². The first-order chi connectivity index (χ1) is 8.58. The Morgan fingerprint density at radius 3 is 2.11 bits per heavy atom. The highest BCUT2D eigenvalue weighted by molar-refractivity contribution is 5.47. The molecule has 0 aromatic carbocycles. The minimum atomic E-state index is 0.305. The molecular weight excluding hydrogens is 224 g/mol. The van der Waals surface area contributed by atoms with Crippen molar-refractivity contribution in [2.75, 3.05) is 0 Å². The van der Waals surface area contributed by atoms with Crippen LogP contribution in [0.1, 0.15) is 50.9 Å². The van der Waals surface area contributed by atoms with Gasteiger partial charge in [0.2, 0.25) is 0 Å². The summed E-state index contributed by atoms with van der Waals surface area (Å²) in [5.41, 5.74) is 1.92. The molecule has 0 bridgehead atoms. The SMILES string of the molecule is CC(C)c1cnc(-c2ccnc(C(C)C)n2)nc1. The molecule has 4 heteroatoms. The van der Waals surface area contributed by atoms with E-state index in [9.17, 15) is 0 Å².